The fourth-order valence-electron chi connectivity index (χ4n) is 3.91. The zero-order valence-electron chi connectivity index (χ0n) is 15.1. The van der Waals surface area contributed by atoms with Crippen LogP contribution in [-0.4, -0.2) is 58.1 Å². The summed E-state index contributed by atoms with van der Waals surface area (Å²) in [5.41, 5.74) is 2.47. The summed E-state index contributed by atoms with van der Waals surface area (Å²) in [6, 6.07) is 7.07. The fraction of sp³-hybridized carbons (Fsp3) is 0.450. The van der Waals surface area contributed by atoms with Crippen molar-refractivity contribution in [3.63, 3.8) is 0 Å². The third-order valence-electron chi connectivity index (χ3n) is 5.40. The average Bonchev–Trinajstić information content (AvgIpc) is 3.11. The molecule has 3 heterocycles. The molecule has 0 saturated carbocycles. The molecule has 6 nitrogen and oxygen atoms in total. The molecule has 1 aromatic rings. The summed E-state index contributed by atoms with van der Waals surface area (Å²) < 4.78 is 0. The van der Waals surface area contributed by atoms with Crippen LogP contribution >= 0.6 is 11.8 Å². The topological polar surface area (TPSA) is 73.2 Å². The quantitative estimate of drug-likeness (QED) is 0.862. The highest BCUT2D eigenvalue weighted by Gasteiger charge is 2.30. The van der Waals surface area contributed by atoms with Gasteiger partial charge >= 0.3 is 5.97 Å². The molecule has 1 fully saturated rings. The maximum Gasteiger partial charge on any atom is 0.335 e. The first kappa shape index (κ1) is 18.1. The van der Waals surface area contributed by atoms with Gasteiger partial charge in [-0.3, -0.25) is 9.79 Å². The third kappa shape index (κ3) is 3.88. The van der Waals surface area contributed by atoms with Gasteiger partial charge < -0.3 is 14.9 Å². The minimum absolute atomic E-state index is 0.167. The lowest BCUT2D eigenvalue weighted by Crippen LogP contribution is -2.40. The van der Waals surface area contributed by atoms with Gasteiger partial charge in [-0.1, -0.05) is 23.9 Å². The first-order valence-electron chi connectivity index (χ1n) is 9.40. The smallest absolute Gasteiger partial charge is 0.335 e. The van der Waals surface area contributed by atoms with Crippen LogP contribution in [-0.2, 0) is 4.79 Å². The summed E-state index contributed by atoms with van der Waals surface area (Å²) in [7, 11) is 0. The van der Waals surface area contributed by atoms with Crippen molar-refractivity contribution in [2.75, 3.05) is 26.2 Å². The van der Waals surface area contributed by atoms with Crippen LogP contribution < -0.4 is 0 Å². The Balaban J connectivity index is 1.39. The van der Waals surface area contributed by atoms with E-state index in [1.807, 2.05) is 17.0 Å². The number of thioether (sulfide) groups is 1. The number of carbonyl (C=O) groups excluding carboxylic acids is 1. The van der Waals surface area contributed by atoms with Gasteiger partial charge in [0.2, 0.25) is 5.91 Å². The Bertz CT molecular complexity index is 803. The third-order valence-corrected chi connectivity index (χ3v) is 6.35. The minimum Gasteiger partial charge on any atom is -0.478 e. The molecular weight excluding hydrogens is 362 g/mol. The molecule has 142 valence electrons. The van der Waals surface area contributed by atoms with Gasteiger partial charge in [0.15, 0.2) is 5.17 Å². The number of amidine groups is 1. The van der Waals surface area contributed by atoms with Crippen molar-refractivity contribution in [1.82, 2.24) is 9.80 Å². The molecule has 3 aliphatic rings. The van der Waals surface area contributed by atoms with Crippen molar-refractivity contribution >= 4 is 28.8 Å². The van der Waals surface area contributed by atoms with Crippen molar-refractivity contribution in [2.24, 2.45) is 4.99 Å². The van der Waals surface area contributed by atoms with E-state index in [1.165, 1.54) is 0 Å². The molecule has 0 aliphatic carbocycles. The van der Waals surface area contributed by atoms with Gasteiger partial charge in [0.05, 0.1) is 12.0 Å². The van der Waals surface area contributed by atoms with Gasteiger partial charge in [-0.15, -0.1) is 0 Å². The summed E-state index contributed by atoms with van der Waals surface area (Å²) >= 11 is 1.62. The maximum absolute atomic E-state index is 12.9. The highest BCUT2D eigenvalue weighted by atomic mass is 32.2. The molecule has 1 N–H and O–H groups in total. The van der Waals surface area contributed by atoms with Crippen molar-refractivity contribution < 1.29 is 14.7 Å². The van der Waals surface area contributed by atoms with Gasteiger partial charge in [-0.2, -0.15) is 0 Å². The van der Waals surface area contributed by atoms with Crippen molar-refractivity contribution in [3.05, 3.63) is 46.5 Å². The van der Waals surface area contributed by atoms with Crippen molar-refractivity contribution in [3.8, 4) is 0 Å². The van der Waals surface area contributed by atoms with E-state index in [0.29, 0.717) is 18.5 Å². The normalized spacial score (nSPS) is 22.1. The van der Waals surface area contributed by atoms with Crippen LogP contribution in [0.4, 0.5) is 0 Å². The summed E-state index contributed by atoms with van der Waals surface area (Å²) in [6.07, 6.45) is 3.46. The van der Waals surface area contributed by atoms with E-state index in [-0.39, 0.29) is 11.8 Å². The van der Waals surface area contributed by atoms with Crippen LogP contribution in [0.3, 0.4) is 0 Å². The number of hydrogen-bond acceptors (Lipinski definition) is 5. The molecule has 7 heteroatoms. The van der Waals surface area contributed by atoms with Crippen LogP contribution in [0.5, 0.6) is 0 Å². The Hall–Kier alpha value is -2.28. The molecule has 0 aromatic heterocycles. The molecular formula is C20H23N3O3S. The summed E-state index contributed by atoms with van der Waals surface area (Å²) in [4.78, 5) is 32.6. The monoisotopic (exact) mass is 385 g/mol. The van der Waals surface area contributed by atoms with Crippen molar-refractivity contribution in [2.45, 2.75) is 31.6 Å². The first-order valence-corrected chi connectivity index (χ1v) is 10.3. The van der Waals surface area contributed by atoms with Gasteiger partial charge in [0, 0.05) is 37.8 Å². The second-order valence-electron chi connectivity index (χ2n) is 7.18. The molecule has 4 rings (SSSR count). The Morgan fingerprint density at radius 1 is 1.19 bits per heavy atom. The molecule has 3 aliphatic heterocycles. The van der Waals surface area contributed by atoms with Crippen LogP contribution in [0.25, 0.3) is 0 Å². The average molecular weight is 385 g/mol. The van der Waals surface area contributed by atoms with E-state index in [0.717, 1.165) is 55.3 Å². The van der Waals surface area contributed by atoms with Gasteiger partial charge in [0.1, 0.15) is 0 Å². The number of nitrogens with zero attached hydrogens (tertiary/aromatic N) is 3. The molecule has 27 heavy (non-hydrogen) atoms. The van der Waals surface area contributed by atoms with E-state index >= 15 is 0 Å². The Labute approximate surface area is 162 Å². The lowest BCUT2D eigenvalue weighted by Gasteiger charge is -2.34. The predicted octanol–water partition coefficient (Wildman–Crippen LogP) is 3.13. The van der Waals surface area contributed by atoms with Crippen LogP contribution in [0.1, 0.15) is 47.5 Å². The lowest BCUT2D eigenvalue weighted by molar-refractivity contribution is -0.131. The Kier molecular flexibility index (Phi) is 5.20. The maximum atomic E-state index is 12.9. The number of carboxylic acid groups (broad SMARTS) is 1. The first-order chi connectivity index (χ1) is 13.1. The fourth-order valence-corrected chi connectivity index (χ4v) is 4.87. The number of aromatic carboxylic acids is 1. The molecule has 1 amide bonds. The highest BCUT2D eigenvalue weighted by Crippen LogP contribution is 2.32. The van der Waals surface area contributed by atoms with Gasteiger partial charge in [-0.25, -0.2) is 4.79 Å². The number of likely N-dealkylation sites (tertiary alicyclic amines) is 1. The van der Waals surface area contributed by atoms with E-state index in [1.54, 1.807) is 23.9 Å². The van der Waals surface area contributed by atoms with Crippen LogP contribution in [0, 0.1) is 0 Å². The number of benzene rings is 1. The minimum atomic E-state index is -0.912. The van der Waals surface area contributed by atoms with E-state index in [9.17, 15) is 9.59 Å². The number of carbonyl (C=O) groups is 2. The van der Waals surface area contributed by atoms with E-state index in [2.05, 4.69) is 15.3 Å². The molecule has 0 spiro atoms. The number of amides is 1. The SMILES string of the molecule is O=C(O)c1ccc([C@H]2CCCN(C(=O)CC3=CSC4=NCCCN34)C2)cc1. The molecule has 0 bridgehead atoms. The summed E-state index contributed by atoms with van der Waals surface area (Å²) in [6.45, 7) is 3.32. The van der Waals surface area contributed by atoms with E-state index in [4.69, 9.17) is 5.11 Å². The zero-order valence-corrected chi connectivity index (χ0v) is 16.0. The number of rotatable bonds is 4. The number of hydrogen-bond donors (Lipinski definition) is 1. The second kappa shape index (κ2) is 7.76. The number of piperidine rings is 1. The van der Waals surface area contributed by atoms with E-state index < -0.39 is 5.97 Å². The number of carboxylic acids is 1. The van der Waals surface area contributed by atoms with Gasteiger partial charge in [-0.05, 0) is 42.4 Å². The van der Waals surface area contributed by atoms with Gasteiger partial charge in [0.25, 0.3) is 0 Å². The number of fused-ring (bicyclic) bond motifs is 1. The number of aliphatic imine (C=N–C) groups is 1. The Morgan fingerprint density at radius 2 is 2.00 bits per heavy atom. The lowest BCUT2D eigenvalue weighted by atomic mass is 9.90. The molecule has 1 atom stereocenters. The summed E-state index contributed by atoms with van der Waals surface area (Å²) in [5, 5.41) is 12.1. The standard InChI is InChI=1S/C20H23N3O3S/c24-18(11-17-13-27-20-21-8-2-10-23(17)20)22-9-1-3-16(12-22)14-4-6-15(7-5-14)19(25)26/h4-7,13,16H,1-3,8-12H2,(H,25,26)/t16-/m0/s1. The molecule has 0 radical (unpaired) electrons. The predicted molar refractivity (Wildman–Crippen MR) is 106 cm³/mol. The Morgan fingerprint density at radius 3 is 2.78 bits per heavy atom. The largest absolute Gasteiger partial charge is 0.478 e. The summed E-state index contributed by atoms with van der Waals surface area (Å²) in [5.74, 6) is -0.476. The molecule has 1 aromatic carbocycles. The molecule has 0 unspecified atom stereocenters. The highest BCUT2D eigenvalue weighted by molar-refractivity contribution is 8.16. The molecule has 1 saturated heterocycles. The second-order valence-corrected chi connectivity index (χ2v) is 8.02. The zero-order chi connectivity index (χ0) is 18.8. The van der Waals surface area contributed by atoms with Crippen LogP contribution in [0.2, 0.25) is 0 Å². The van der Waals surface area contributed by atoms with Crippen molar-refractivity contribution in [1.29, 1.82) is 0 Å². The van der Waals surface area contributed by atoms with Crippen LogP contribution in [0.15, 0.2) is 40.4 Å².